The zero-order chi connectivity index (χ0) is 13.0. The number of hydrogen-bond acceptors (Lipinski definition) is 4. The van der Waals surface area contributed by atoms with Crippen LogP contribution in [0.3, 0.4) is 0 Å². The first-order valence-electron chi connectivity index (χ1n) is 5.78. The van der Waals surface area contributed by atoms with Crippen LogP contribution in [0.2, 0.25) is 0 Å². The summed E-state index contributed by atoms with van der Waals surface area (Å²) < 4.78 is 10.2. The van der Waals surface area contributed by atoms with E-state index in [9.17, 15) is 9.59 Å². The molecule has 1 heterocycles. The Kier molecular flexibility index (Phi) is 4.07. The third-order valence-electron chi connectivity index (χ3n) is 2.80. The molecule has 1 aliphatic rings. The van der Waals surface area contributed by atoms with Crippen molar-refractivity contribution in [2.24, 2.45) is 0 Å². The van der Waals surface area contributed by atoms with Gasteiger partial charge in [-0.25, -0.2) is 0 Å². The molecular weight excluding hydrogens is 234 g/mol. The van der Waals surface area contributed by atoms with Crippen LogP contribution in [-0.2, 0) is 15.9 Å². The summed E-state index contributed by atoms with van der Waals surface area (Å²) in [5, 5.41) is 2.29. The summed E-state index contributed by atoms with van der Waals surface area (Å²) in [6, 6.07) is 5.28. The fourth-order valence-corrected chi connectivity index (χ4v) is 1.93. The lowest BCUT2D eigenvalue weighted by Gasteiger charge is -2.06. The van der Waals surface area contributed by atoms with Gasteiger partial charge in [0.05, 0.1) is 30.9 Å². The maximum atomic E-state index is 11.6. The predicted molar refractivity (Wildman–Crippen MR) is 64.6 cm³/mol. The number of amides is 2. The average Bonchev–Trinajstić information content (AvgIpc) is 2.66. The van der Waals surface area contributed by atoms with Crippen molar-refractivity contribution in [3.05, 3.63) is 34.9 Å². The van der Waals surface area contributed by atoms with E-state index in [1.807, 2.05) is 6.07 Å². The Morgan fingerprint density at radius 2 is 1.94 bits per heavy atom. The summed E-state index contributed by atoms with van der Waals surface area (Å²) in [7, 11) is 1.61. The Bertz CT molecular complexity index is 470. The van der Waals surface area contributed by atoms with Gasteiger partial charge in [-0.3, -0.25) is 14.9 Å². The molecule has 0 saturated heterocycles. The summed E-state index contributed by atoms with van der Waals surface area (Å²) in [5.74, 6) is -0.639. The molecule has 0 atom stereocenters. The van der Waals surface area contributed by atoms with Crippen molar-refractivity contribution in [3.63, 3.8) is 0 Å². The molecule has 0 bridgehead atoms. The van der Waals surface area contributed by atoms with Gasteiger partial charge in [-0.2, -0.15) is 0 Å². The van der Waals surface area contributed by atoms with Gasteiger partial charge in [-0.15, -0.1) is 0 Å². The van der Waals surface area contributed by atoms with E-state index in [1.54, 1.807) is 19.2 Å². The van der Waals surface area contributed by atoms with Crippen LogP contribution in [0.1, 0.15) is 26.3 Å². The van der Waals surface area contributed by atoms with Crippen LogP contribution in [0.15, 0.2) is 18.2 Å². The van der Waals surface area contributed by atoms with E-state index < -0.39 is 0 Å². The molecule has 1 aromatic carbocycles. The second-order valence-electron chi connectivity index (χ2n) is 3.98. The zero-order valence-corrected chi connectivity index (χ0v) is 10.2. The number of rotatable bonds is 6. The molecule has 96 valence electrons. The van der Waals surface area contributed by atoms with E-state index in [2.05, 4.69) is 5.32 Å². The zero-order valence-electron chi connectivity index (χ0n) is 10.2. The molecule has 1 aliphatic heterocycles. The normalized spacial score (nSPS) is 13.6. The number of imide groups is 1. The van der Waals surface area contributed by atoms with Gasteiger partial charge in [0.2, 0.25) is 0 Å². The minimum atomic E-state index is -0.322. The molecule has 0 radical (unpaired) electrons. The van der Waals surface area contributed by atoms with Crippen LogP contribution in [0, 0.1) is 0 Å². The van der Waals surface area contributed by atoms with Gasteiger partial charge in [0.25, 0.3) is 11.8 Å². The van der Waals surface area contributed by atoms with Crippen molar-refractivity contribution in [2.75, 3.05) is 26.9 Å². The van der Waals surface area contributed by atoms with Gasteiger partial charge in [0, 0.05) is 7.11 Å². The Morgan fingerprint density at radius 1 is 1.11 bits per heavy atom. The average molecular weight is 249 g/mol. The first-order chi connectivity index (χ1) is 8.74. The second kappa shape index (κ2) is 5.75. The Morgan fingerprint density at radius 3 is 2.72 bits per heavy atom. The highest BCUT2D eigenvalue weighted by molar-refractivity contribution is 6.22. The van der Waals surface area contributed by atoms with Crippen molar-refractivity contribution < 1.29 is 19.1 Å². The summed E-state index contributed by atoms with van der Waals surface area (Å²) in [6.07, 6.45) is 0.605. The number of hydrogen-bond donors (Lipinski definition) is 1. The molecule has 0 saturated carbocycles. The number of carbonyl (C=O) groups is 2. The summed E-state index contributed by atoms with van der Waals surface area (Å²) in [6.45, 7) is 1.57. The third-order valence-corrected chi connectivity index (χ3v) is 2.80. The highest BCUT2D eigenvalue weighted by Gasteiger charge is 2.28. The van der Waals surface area contributed by atoms with Gasteiger partial charge in [0.15, 0.2) is 0 Å². The molecule has 0 spiro atoms. The summed E-state index contributed by atoms with van der Waals surface area (Å²) in [4.78, 5) is 23.1. The lowest BCUT2D eigenvalue weighted by molar-refractivity contribution is 0.0721. The highest BCUT2D eigenvalue weighted by atomic mass is 16.5. The van der Waals surface area contributed by atoms with Crippen LogP contribution >= 0.6 is 0 Å². The van der Waals surface area contributed by atoms with Crippen LogP contribution in [0.4, 0.5) is 0 Å². The van der Waals surface area contributed by atoms with Crippen molar-refractivity contribution >= 4 is 11.8 Å². The molecule has 2 amide bonds. The van der Waals surface area contributed by atoms with Gasteiger partial charge in [0.1, 0.15) is 0 Å². The molecule has 0 aliphatic carbocycles. The lowest BCUT2D eigenvalue weighted by Crippen LogP contribution is -2.20. The number of carbonyl (C=O) groups excluding carboxylic acids is 2. The molecule has 18 heavy (non-hydrogen) atoms. The minimum absolute atomic E-state index is 0.317. The topological polar surface area (TPSA) is 64.6 Å². The van der Waals surface area contributed by atoms with E-state index in [4.69, 9.17) is 9.47 Å². The molecular formula is C13H15NO4. The molecule has 0 fully saturated rings. The molecule has 0 unspecified atom stereocenters. The maximum absolute atomic E-state index is 11.6. The fourth-order valence-electron chi connectivity index (χ4n) is 1.93. The second-order valence-corrected chi connectivity index (χ2v) is 3.98. The van der Waals surface area contributed by atoms with E-state index in [-0.39, 0.29) is 11.8 Å². The van der Waals surface area contributed by atoms with Crippen molar-refractivity contribution in [1.82, 2.24) is 5.32 Å². The van der Waals surface area contributed by atoms with E-state index in [0.717, 1.165) is 5.56 Å². The molecule has 0 aromatic heterocycles. The molecule has 1 N–H and O–H groups in total. The van der Waals surface area contributed by atoms with Crippen LogP contribution in [-0.4, -0.2) is 38.7 Å². The van der Waals surface area contributed by atoms with Crippen LogP contribution in [0.5, 0.6) is 0 Å². The highest BCUT2D eigenvalue weighted by Crippen LogP contribution is 2.20. The molecule has 1 aromatic rings. The van der Waals surface area contributed by atoms with E-state index >= 15 is 0 Å². The van der Waals surface area contributed by atoms with Crippen molar-refractivity contribution in [3.8, 4) is 0 Å². The molecule has 5 nitrogen and oxygen atoms in total. The largest absolute Gasteiger partial charge is 0.382 e. The first kappa shape index (κ1) is 12.7. The Hall–Kier alpha value is -1.72. The van der Waals surface area contributed by atoms with Gasteiger partial charge in [-0.05, 0) is 18.1 Å². The quantitative estimate of drug-likeness (QED) is 0.597. The molecule has 2 rings (SSSR count). The fraction of sp³-hybridized carbons (Fsp3) is 0.385. The van der Waals surface area contributed by atoms with Crippen LogP contribution < -0.4 is 5.32 Å². The SMILES string of the molecule is COCCOCCc1cccc2c1C(=O)NC2=O. The van der Waals surface area contributed by atoms with E-state index in [1.165, 1.54) is 0 Å². The number of benzene rings is 1. The summed E-state index contributed by atoms with van der Waals surface area (Å²) in [5.41, 5.74) is 1.78. The summed E-state index contributed by atoms with van der Waals surface area (Å²) >= 11 is 0. The lowest BCUT2D eigenvalue weighted by atomic mass is 10.0. The Balaban J connectivity index is 2.02. The Labute approximate surface area is 105 Å². The third kappa shape index (κ3) is 2.57. The number of nitrogens with one attached hydrogen (secondary N) is 1. The van der Waals surface area contributed by atoms with Gasteiger partial charge < -0.3 is 9.47 Å². The smallest absolute Gasteiger partial charge is 0.259 e. The van der Waals surface area contributed by atoms with Crippen LogP contribution in [0.25, 0.3) is 0 Å². The predicted octanol–water partition coefficient (Wildman–Crippen LogP) is 0.776. The minimum Gasteiger partial charge on any atom is -0.382 e. The molecule has 5 heteroatoms. The number of fused-ring (bicyclic) bond motifs is 1. The monoisotopic (exact) mass is 249 g/mol. The van der Waals surface area contributed by atoms with Crippen molar-refractivity contribution in [1.29, 1.82) is 0 Å². The first-order valence-corrected chi connectivity index (χ1v) is 5.78. The number of methoxy groups -OCH3 is 1. The maximum Gasteiger partial charge on any atom is 0.259 e. The van der Waals surface area contributed by atoms with Gasteiger partial charge >= 0.3 is 0 Å². The van der Waals surface area contributed by atoms with Gasteiger partial charge in [-0.1, -0.05) is 12.1 Å². The standard InChI is InChI=1S/C13H15NO4/c1-17-7-8-18-6-5-9-3-2-4-10-11(9)13(16)14-12(10)15/h2-4H,5-8H2,1H3,(H,14,15,16). The number of ether oxygens (including phenoxy) is 2. The van der Waals surface area contributed by atoms with E-state index in [0.29, 0.717) is 37.4 Å². The van der Waals surface area contributed by atoms with Crippen molar-refractivity contribution in [2.45, 2.75) is 6.42 Å².